The van der Waals surface area contributed by atoms with Gasteiger partial charge in [-0.1, -0.05) is 23.2 Å². The van der Waals surface area contributed by atoms with Crippen LogP contribution in [0.4, 0.5) is 5.69 Å². The minimum Gasteiger partial charge on any atom is -0.344 e. The molecule has 0 aliphatic rings. The van der Waals surface area contributed by atoms with E-state index in [-0.39, 0.29) is 17.9 Å². The Kier molecular flexibility index (Phi) is 6.34. The quantitative estimate of drug-likeness (QED) is 0.557. The van der Waals surface area contributed by atoms with Gasteiger partial charge >= 0.3 is 0 Å². The van der Waals surface area contributed by atoms with Gasteiger partial charge in [0, 0.05) is 32.2 Å². The third kappa shape index (κ3) is 5.10. The van der Waals surface area contributed by atoms with Crippen LogP contribution in [0.25, 0.3) is 0 Å². The summed E-state index contributed by atoms with van der Waals surface area (Å²) in [4.78, 5) is 29.1. The lowest BCUT2D eigenvalue weighted by atomic mass is 10.1. The largest absolute Gasteiger partial charge is 0.344 e. The van der Waals surface area contributed by atoms with Crippen molar-refractivity contribution in [2.24, 2.45) is 0 Å². The Bertz CT molecular complexity index is 998. The lowest BCUT2D eigenvalue weighted by Gasteiger charge is -2.12. The van der Waals surface area contributed by atoms with Gasteiger partial charge in [0.15, 0.2) is 0 Å². The van der Waals surface area contributed by atoms with E-state index in [1.54, 1.807) is 41.7 Å². The molecule has 1 heterocycles. The predicted molar refractivity (Wildman–Crippen MR) is 114 cm³/mol. The second-order valence-electron chi connectivity index (χ2n) is 6.18. The molecule has 0 saturated carbocycles. The highest BCUT2D eigenvalue weighted by atomic mass is 35.5. The van der Waals surface area contributed by atoms with Crippen molar-refractivity contribution in [3.8, 4) is 0 Å². The van der Waals surface area contributed by atoms with Crippen molar-refractivity contribution >= 4 is 52.0 Å². The van der Waals surface area contributed by atoms with Gasteiger partial charge in [0.1, 0.15) is 0 Å². The summed E-state index contributed by atoms with van der Waals surface area (Å²) in [7, 11) is 0. The van der Waals surface area contributed by atoms with Crippen LogP contribution in [0.3, 0.4) is 0 Å². The van der Waals surface area contributed by atoms with E-state index in [1.807, 2.05) is 19.2 Å². The van der Waals surface area contributed by atoms with Crippen molar-refractivity contribution in [3.63, 3.8) is 0 Å². The van der Waals surface area contributed by atoms with Crippen molar-refractivity contribution in [1.29, 1.82) is 0 Å². The summed E-state index contributed by atoms with van der Waals surface area (Å²) < 4.78 is 0. The summed E-state index contributed by atoms with van der Waals surface area (Å²) in [6.45, 7) is 3.81. The highest BCUT2D eigenvalue weighted by molar-refractivity contribution is 7.09. The molecular weight excluding hydrogens is 417 g/mol. The molecule has 1 unspecified atom stereocenters. The maximum atomic E-state index is 12.4. The number of benzene rings is 2. The second kappa shape index (κ2) is 8.73. The number of amides is 2. The van der Waals surface area contributed by atoms with Crippen LogP contribution in [0.2, 0.25) is 10.0 Å². The molecule has 0 saturated heterocycles. The molecule has 2 aromatic carbocycles. The molecule has 2 amide bonds. The van der Waals surface area contributed by atoms with Gasteiger partial charge in [0.25, 0.3) is 11.8 Å². The van der Waals surface area contributed by atoms with E-state index in [9.17, 15) is 9.59 Å². The van der Waals surface area contributed by atoms with Crippen molar-refractivity contribution in [2.75, 3.05) is 5.32 Å². The first-order valence-corrected chi connectivity index (χ1v) is 10.1. The summed E-state index contributed by atoms with van der Waals surface area (Å²) >= 11 is 13.4. The highest BCUT2D eigenvalue weighted by Crippen LogP contribution is 2.21. The molecule has 0 aliphatic heterocycles. The fraction of sp³-hybridized carbons (Fsp3) is 0.150. The van der Waals surface area contributed by atoms with E-state index in [4.69, 9.17) is 23.2 Å². The number of carbonyl (C=O) groups excluding carboxylic acids is 2. The molecule has 1 aromatic heterocycles. The van der Waals surface area contributed by atoms with E-state index >= 15 is 0 Å². The third-order valence-electron chi connectivity index (χ3n) is 3.96. The van der Waals surface area contributed by atoms with E-state index in [2.05, 4.69) is 15.6 Å². The molecule has 8 heteroatoms. The van der Waals surface area contributed by atoms with E-state index in [0.717, 1.165) is 10.7 Å². The standard InChI is InChI=1S/C20H17Cl2N3O2S/c1-11(18-10-28-12(2)24-18)23-19(26)13-3-5-17(6-4-13)25-20(27)14-7-15(21)9-16(22)8-14/h3-11H,1-2H3,(H,23,26)(H,25,27). The first-order valence-electron chi connectivity index (χ1n) is 8.42. The van der Waals surface area contributed by atoms with Crippen LogP contribution in [0.5, 0.6) is 0 Å². The van der Waals surface area contributed by atoms with Gasteiger partial charge in [-0.3, -0.25) is 9.59 Å². The summed E-state index contributed by atoms with van der Waals surface area (Å²) in [5.41, 5.74) is 2.23. The highest BCUT2D eigenvalue weighted by Gasteiger charge is 2.14. The Hall–Kier alpha value is -2.41. The zero-order valence-electron chi connectivity index (χ0n) is 15.1. The van der Waals surface area contributed by atoms with Crippen molar-refractivity contribution < 1.29 is 9.59 Å². The van der Waals surface area contributed by atoms with Gasteiger partial charge in [-0.15, -0.1) is 11.3 Å². The van der Waals surface area contributed by atoms with Crippen molar-refractivity contribution in [2.45, 2.75) is 19.9 Å². The molecule has 0 fully saturated rings. The topological polar surface area (TPSA) is 71.1 Å². The Morgan fingerprint density at radius 2 is 1.64 bits per heavy atom. The molecule has 0 spiro atoms. The Morgan fingerprint density at radius 3 is 2.21 bits per heavy atom. The number of aromatic nitrogens is 1. The molecule has 144 valence electrons. The molecule has 2 N–H and O–H groups in total. The number of hydrogen-bond acceptors (Lipinski definition) is 4. The zero-order valence-corrected chi connectivity index (χ0v) is 17.5. The first-order chi connectivity index (χ1) is 13.3. The number of nitrogens with zero attached hydrogens (tertiary/aromatic N) is 1. The molecular formula is C20H17Cl2N3O2S. The minimum atomic E-state index is -0.339. The maximum absolute atomic E-state index is 12.4. The predicted octanol–water partition coefficient (Wildman–Crippen LogP) is 5.50. The number of thiazole rings is 1. The van der Waals surface area contributed by atoms with E-state index < -0.39 is 0 Å². The molecule has 0 bridgehead atoms. The lowest BCUT2D eigenvalue weighted by molar-refractivity contribution is 0.0938. The second-order valence-corrected chi connectivity index (χ2v) is 8.11. The Morgan fingerprint density at radius 1 is 1.00 bits per heavy atom. The van der Waals surface area contributed by atoms with Gasteiger partial charge in [-0.25, -0.2) is 4.98 Å². The van der Waals surface area contributed by atoms with Crippen LogP contribution in [0.15, 0.2) is 47.8 Å². The minimum absolute atomic E-state index is 0.190. The maximum Gasteiger partial charge on any atom is 0.255 e. The van der Waals surface area contributed by atoms with Gasteiger partial charge < -0.3 is 10.6 Å². The molecule has 3 aromatic rings. The normalized spacial score (nSPS) is 11.7. The van der Waals surface area contributed by atoms with Gasteiger partial charge in [-0.05, 0) is 56.3 Å². The average molecular weight is 434 g/mol. The van der Waals surface area contributed by atoms with Crippen LogP contribution >= 0.6 is 34.5 Å². The lowest BCUT2D eigenvalue weighted by Crippen LogP contribution is -2.26. The number of aryl methyl sites for hydroxylation is 1. The van der Waals surface area contributed by atoms with Crippen LogP contribution in [0, 0.1) is 6.92 Å². The smallest absolute Gasteiger partial charge is 0.255 e. The number of halogens is 2. The van der Waals surface area contributed by atoms with Gasteiger partial charge in [0.2, 0.25) is 0 Å². The average Bonchev–Trinajstić information content (AvgIpc) is 3.08. The number of nitrogens with one attached hydrogen (secondary N) is 2. The monoisotopic (exact) mass is 433 g/mol. The van der Waals surface area contributed by atoms with Crippen LogP contribution < -0.4 is 10.6 Å². The summed E-state index contributed by atoms with van der Waals surface area (Å²) in [6, 6.07) is 11.1. The Labute approximate surface area is 176 Å². The SMILES string of the molecule is Cc1nc(C(C)NC(=O)c2ccc(NC(=O)c3cc(Cl)cc(Cl)c3)cc2)cs1. The molecule has 0 radical (unpaired) electrons. The van der Waals surface area contributed by atoms with Gasteiger partial charge in [0.05, 0.1) is 16.7 Å². The molecule has 0 aliphatic carbocycles. The van der Waals surface area contributed by atoms with E-state index in [1.165, 1.54) is 12.1 Å². The number of anilines is 1. The van der Waals surface area contributed by atoms with Crippen molar-refractivity contribution in [1.82, 2.24) is 10.3 Å². The fourth-order valence-electron chi connectivity index (χ4n) is 2.53. The third-order valence-corrected chi connectivity index (χ3v) is 5.19. The Balaban J connectivity index is 1.64. The molecule has 5 nitrogen and oxygen atoms in total. The number of rotatable bonds is 5. The summed E-state index contributed by atoms with van der Waals surface area (Å²) in [5.74, 6) is -0.549. The first kappa shape index (κ1) is 20.3. The van der Waals surface area contributed by atoms with Crippen LogP contribution in [-0.2, 0) is 0 Å². The number of carbonyl (C=O) groups is 2. The number of hydrogen-bond donors (Lipinski definition) is 2. The summed E-state index contributed by atoms with van der Waals surface area (Å²) in [6.07, 6.45) is 0. The zero-order chi connectivity index (χ0) is 20.3. The molecule has 1 atom stereocenters. The fourth-order valence-corrected chi connectivity index (χ4v) is 3.76. The van der Waals surface area contributed by atoms with Gasteiger partial charge in [-0.2, -0.15) is 0 Å². The van der Waals surface area contributed by atoms with E-state index in [0.29, 0.717) is 26.9 Å². The van der Waals surface area contributed by atoms with Crippen molar-refractivity contribution in [3.05, 3.63) is 79.7 Å². The van der Waals surface area contributed by atoms with Crippen LogP contribution in [0.1, 0.15) is 44.4 Å². The molecule has 3 rings (SSSR count). The van der Waals surface area contributed by atoms with Crippen LogP contribution in [-0.4, -0.2) is 16.8 Å². The summed E-state index contributed by atoms with van der Waals surface area (Å²) in [5, 5.41) is 9.32. The molecule has 28 heavy (non-hydrogen) atoms.